The zero-order valence-corrected chi connectivity index (χ0v) is 10.7. The summed E-state index contributed by atoms with van der Waals surface area (Å²) in [5.41, 5.74) is 5.75. The van der Waals surface area contributed by atoms with Crippen LogP contribution in [0, 0.1) is 10.8 Å². The minimum Gasteiger partial charge on any atom is -1.00 e. The van der Waals surface area contributed by atoms with E-state index in [0.29, 0.717) is 18.6 Å². The maximum Gasteiger partial charge on any atom is 0.168 e. The highest BCUT2D eigenvalue weighted by Gasteiger charge is 2.02. The summed E-state index contributed by atoms with van der Waals surface area (Å²) >= 11 is 0. The Morgan fingerprint density at radius 3 is 2.31 bits per heavy atom. The minimum atomic E-state index is 0. The van der Waals surface area contributed by atoms with Crippen LogP contribution in [-0.2, 0) is 6.54 Å². The van der Waals surface area contributed by atoms with Crippen LogP contribution in [0.3, 0.4) is 0 Å². The molecule has 88 valence electrons. The zero-order chi connectivity index (χ0) is 11.1. The Labute approximate surface area is 106 Å². The van der Waals surface area contributed by atoms with Crippen LogP contribution in [0.2, 0.25) is 0 Å². The third kappa shape index (κ3) is 6.29. The molecule has 0 fully saturated rings. The second-order valence-corrected chi connectivity index (χ2v) is 3.52. The first-order valence-corrected chi connectivity index (χ1v) is 5.02. The predicted molar refractivity (Wildman–Crippen MR) is 60.1 cm³/mol. The van der Waals surface area contributed by atoms with Crippen LogP contribution >= 0.6 is 0 Å². The van der Waals surface area contributed by atoms with Crippen molar-refractivity contribution in [2.24, 2.45) is 5.73 Å². The van der Waals surface area contributed by atoms with Gasteiger partial charge in [-0.05, 0) is 6.42 Å². The SMILES string of the molecule is N=C(N)CC(=N)CCC[n+]1ccccc1.[Br-]. The molecule has 0 aliphatic carbocycles. The molecule has 1 aromatic heterocycles. The van der Waals surface area contributed by atoms with Gasteiger partial charge in [0.25, 0.3) is 0 Å². The predicted octanol–water partition coefficient (Wildman–Crippen LogP) is -1.90. The number of hydrogen-bond donors (Lipinski definition) is 3. The van der Waals surface area contributed by atoms with Crippen LogP contribution in [0.5, 0.6) is 0 Å². The van der Waals surface area contributed by atoms with Crippen molar-refractivity contribution in [3.05, 3.63) is 30.6 Å². The van der Waals surface area contributed by atoms with Gasteiger partial charge in [0, 0.05) is 30.7 Å². The quantitative estimate of drug-likeness (QED) is 0.319. The number of halogens is 1. The van der Waals surface area contributed by atoms with Gasteiger partial charge in [0.15, 0.2) is 12.4 Å². The number of aromatic nitrogens is 1. The van der Waals surface area contributed by atoms with Gasteiger partial charge in [-0.15, -0.1) is 0 Å². The molecule has 16 heavy (non-hydrogen) atoms. The molecule has 0 aromatic carbocycles. The van der Waals surface area contributed by atoms with E-state index in [-0.39, 0.29) is 22.8 Å². The second kappa shape index (κ2) is 7.98. The Kier molecular flexibility index (Phi) is 7.37. The lowest BCUT2D eigenvalue weighted by molar-refractivity contribution is -0.697. The number of nitrogens with zero attached hydrogens (tertiary/aromatic N) is 1. The summed E-state index contributed by atoms with van der Waals surface area (Å²) in [5.74, 6) is 0.0763. The Balaban J connectivity index is 0.00000225. The molecule has 1 aromatic rings. The summed E-state index contributed by atoms with van der Waals surface area (Å²) < 4.78 is 2.08. The average Bonchev–Trinajstić information content (AvgIpc) is 2.18. The Bertz CT molecular complexity index is 337. The van der Waals surface area contributed by atoms with Crippen LogP contribution in [-0.4, -0.2) is 11.5 Å². The molecule has 5 heteroatoms. The van der Waals surface area contributed by atoms with Gasteiger partial charge < -0.3 is 28.1 Å². The number of amidine groups is 1. The first-order chi connectivity index (χ1) is 7.18. The highest BCUT2D eigenvalue weighted by atomic mass is 79.9. The molecular weight excluding hydrogens is 268 g/mol. The highest BCUT2D eigenvalue weighted by Crippen LogP contribution is 1.95. The molecule has 4 nitrogen and oxygen atoms in total. The van der Waals surface area contributed by atoms with Gasteiger partial charge in [-0.25, -0.2) is 4.57 Å². The van der Waals surface area contributed by atoms with Crippen molar-refractivity contribution < 1.29 is 21.5 Å². The van der Waals surface area contributed by atoms with Crippen molar-refractivity contribution in [3.63, 3.8) is 0 Å². The fraction of sp³-hybridized carbons (Fsp3) is 0.364. The van der Waals surface area contributed by atoms with Crippen LogP contribution in [0.4, 0.5) is 0 Å². The number of nitrogens with two attached hydrogens (primary N) is 1. The maximum atomic E-state index is 7.55. The lowest BCUT2D eigenvalue weighted by Gasteiger charge is -2.00. The molecule has 0 saturated heterocycles. The minimum absolute atomic E-state index is 0. The van der Waals surface area contributed by atoms with Crippen LogP contribution in [0.1, 0.15) is 19.3 Å². The molecule has 0 radical (unpaired) electrons. The summed E-state index contributed by atoms with van der Waals surface area (Å²) in [4.78, 5) is 0. The molecule has 0 spiro atoms. The smallest absolute Gasteiger partial charge is 0.168 e. The maximum absolute atomic E-state index is 7.55. The summed E-state index contributed by atoms with van der Waals surface area (Å²) in [6, 6.07) is 5.95. The first-order valence-electron chi connectivity index (χ1n) is 5.02. The summed E-state index contributed by atoms with van der Waals surface area (Å²) in [7, 11) is 0. The van der Waals surface area contributed by atoms with E-state index in [4.69, 9.17) is 16.6 Å². The topological polar surface area (TPSA) is 77.6 Å². The molecule has 0 saturated carbocycles. The van der Waals surface area contributed by atoms with Gasteiger partial charge in [0.05, 0.1) is 5.84 Å². The van der Waals surface area contributed by atoms with Crippen LogP contribution < -0.4 is 27.3 Å². The molecular formula is C11H17BrN4. The van der Waals surface area contributed by atoms with E-state index in [1.807, 2.05) is 30.6 Å². The molecule has 4 N–H and O–H groups in total. The molecule has 1 rings (SSSR count). The van der Waals surface area contributed by atoms with Crippen molar-refractivity contribution in [3.8, 4) is 0 Å². The standard InChI is InChI=1S/C11H17N4.BrH/c12-10(9-11(13)14)5-4-8-15-6-2-1-3-7-15;/h1-3,6-7,12H,4-5,8-9H2,(H3,13,14);1H/q+1;/p-1. The van der Waals surface area contributed by atoms with E-state index in [9.17, 15) is 0 Å². The largest absolute Gasteiger partial charge is 1.00 e. The first kappa shape index (κ1) is 14.8. The summed E-state index contributed by atoms with van der Waals surface area (Å²) in [5, 5.41) is 14.6. The highest BCUT2D eigenvalue weighted by molar-refractivity contribution is 5.99. The number of aryl methyl sites for hydroxylation is 1. The van der Waals surface area contributed by atoms with Crippen molar-refractivity contribution in [2.75, 3.05) is 0 Å². The fourth-order valence-electron chi connectivity index (χ4n) is 1.38. The Morgan fingerprint density at radius 2 is 1.75 bits per heavy atom. The number of rotatable bonds is 6. The van der Waals surface area contributed by atoms with Crippen molar-refractivity contribution >= 4 is 11.5 Å². The molecule has 0 amide bonds. The molecule has 0 atom stereocenters. The molecule has 1 heterocycles. The zero-order valence-electron chi connectivity index (χ0n) is 9.12. The van der Waals surface area contributed by atoms with E-state index in [1.165, 1.54) is 0 Å². The van der Waals surface area contributed by atoms with Gasteiger partial charge in [0.2, 0.25) is 0 Å². The Morgan fingerprint density at radius 1 is 1.12 bits per heavy atom. The van der Waals surface area contributed by atoms with Gasteiger partial charge in [0.1, 0.15) is 6.54 Å². The van der Waals surface area contributed by atoms with E-state index in [2.05, 4.69) is 4.57 Å². The van der Waals surface area contributed by atoms with Gasteiger partial charge >= 0.3 is 0 Å². The lowest BCUT2D eigenvalue weighted by atomic mass is 10.1. The molecule has 0 aliphatic heterocycles. The number of nitrogens with one attached hydrogen (secondary N) is 2. The third-order valence-corrected chi connectivity index (χ3v) is 2.08. The van der Waals surface area contributed by atoms with E-state index in [1.54, 1.807) is 0 Å². The lowest BCUT2D eigenvalue weighted by Crippen LogP contribution is -3.00. The average molecular weight is 285 g/mol. The number of hydrogen-bond acceptors (Lipinski definition) is 2. The van der Waals surface area contributed by atoms with E-state index >= 15 is 0 Å². The normalized spacial score (nSPS) is 9.25. The monoisotopic (exact) mass is 284 g/mol. The van der Waals surface area contributed by atoms with Gasteiger partial charge in [-0.2, -0.15) is 0 Å². The van der Waals surface area contributed by atoms with Crippen molar-refractivity contribution in [1.82, 2.24) is 0 Å². The van der Waals surface area contributed by atoms with E-state index in [0.717, 1.165) is 13.0 Å². The number of pyridine rings is 1. The summed E-state index contributed by atoms with van der Waals surface area (Å²) in [6.45, 7) is 0.904. The molecule has 0 aliphatic rings. The van der Waals surface area contributed by atoms with E-state index < -0.39 is 0 Å². The molecule has 0 bridgehead atoms. The van der Waals surface area contributed by atoms with Crippen LogP contribution in [0.15, 0.2) is 30.6 Å². The fourth-order valence-corrected chi connectivity index (χ4v) is 1.38. The third-order valence-electron chi connectivity index (χ3n) is 2.08. The Hall–Kier alpha value is -1.23. The summed E-state index contributed by atoms with van der Waals surface area (Å²) in [6.07, 6.45) is 5.95. The second-order valence-electron chi connectivity index (χ2n) is 3.52. The molecule has 0 unspecified atom stereocenters. The van der Waals surface area contributed by atoms with Gasteiger partial charge in [-0.1, -0.05) is 6.07 Å². The van der Waals surface area contributed by atoms with Crippen molar-refractivity contribution in [1.29, 1.82) is 10.8 Å². The van der Waals surface area contributed by atoms with Gasteiger partial charge in [-0.3, -0.25) is 5.41 Å². The van der Waals surface area contributed by atoms with Crippen LogP contribution in [0.25, 0.3) is 0 Å². The van der Waals surface area contributed by atoms with Crippen molar-refractivity contribution in [2.45, 2.75) is 25.8 Å².